The molecule has 124 valence electrons. The summed E-state index contributed by atoms with van der Waals surface area (Å²) in [5.41, 5.74) is 0.687. The standard InChI is InChI=1S/C16H22N4O2S/c1-15(2)7-11-8-16(3,9-15)10-20(11)23(21,22)14-12-5-4-6-17-13(12)18-19-14/h4-6,11H,7-10H2,1-3H3,(H,17,18,19)/t11-,16-/m0/s1. The number of pyridine rings is 1. The van der Waals surface area contributed by atoms with Gasteiger partial charge >= 0.3 is 0 Å². The molecule has 3 heterocycles. The lowest BCUT2D eigenvalue weighted by Crippen LogP contribution is -2.37. The van der Waals surface area contributed by atoms with Gasteiger partial charge in [0, 0.05) is 18.8 Å². The first-order valence-corrected chi connectivity index (χ1v) is 9.45. The number of aromatic amines is 1. The molecule has 1 N–H and O–H groups in total. The molecule has 1 saturated carbocycles. The SMILES string of the molecule is CC1(C)C[C@H]2C[C@](C)(CN2S(=O)(=O)c2[nH]nc3ncccc23)C1. The molecular weight excluding hydrogens is 312 g/mol. The lowest BCUT2D eigenvalue weighted by Gasteiger charge is -2.39. The Balaban J connectivity index is 1.78. The van der Waals surface area contributed by atoms with E-state index in [0.29, 0.717) is 17.6 Å². The van der Waals surface area contributed by atoms with Crippen molar-refractivity contribution in [2.24, 2.45) is 10.8 Å². The molecule has 23 heavy (non-hydrogen) atoms. The summed E-state index contributed by atoms with van der Waals surface area (Å²) in [5.74, 6) is 0. The third-order valence-corrected chi connectivity index (χ3v) is 7.10. The summed E-state index contributed by atoms with van der Waals surface area (Å²) in [6.07, 6.45) is 4.53. The number of hydrogen-bond acceptors (Lipinski definition) is 4. The molecule has 1 saturated heterocycles. The second kappa shape index (κ2) is 4.54. The molecule has 6 nitrogen and oxygen atoms in total. The van der Waals surface area contributed by atoms with Gasteiger partial charge < -0.3 is 0 Å². The topological polar surface area (TPSA) is 79.0 Å². The van der Waals surface area contributed by atoms with Crippen LogP contribution in [0.15, 0.2) is 23.4 Å². The van der Waals surface area contributed by atoms with Gasteiger partial charge in [-0.15, -0.1) is 0 Å². The molecule has 4 rings (SSSR count). The number of hydrogen-bond donors (Lipinski definition) is 1. The molecule has 2 fully saturated rings. The average Bonchev–Trinajstić information content (AvgIpc) is 2.97. The third-order valence-electron chi connectivity index (χ3n) is 5.23. The van der Waals surface area contributed by atoms with Crippen LogP contribution in [-0.4, -0.2) is 40.5 Å². The number of fused-ring (bicyclic) bond motifs is 3. The van der Waals surface area contributed by atoms with Crippen LogP contribution in [0.4, 0.5) is 0 Å². The molecule has 2 aliphatic rings. The minimum absolute atomic E-state index is 0.0631. The van der Waals surface area contributed by atoms with E-state index in [-0.39, 0.29) is 21.9 Å². The number of nitrogens with one attached hydrogen (secondary N) is 1. The normalized spacial score (nSPS) is 30.8. The fourth-order valence-corrected chi connectivity index (χ4v) is 6.69. The maximum atomic E-state index is 13.2. The van der Waals surface area contributed by atoms with Crippen molar-refractivity contribution in [3.8, 4) is 0 Å². The van der Waals surface area contributed by atoms with Crippen molar-refractivity contribution in [2.75, 3.05) is 6.54 Å². The number of sulfonamides is 1. The molecule has 1 aliphatic heterocycles. The Morgan fingerprint density at radius 1 is 1.30 bits per heavy atom. The van der Waals surface area contributed by atoms with Crippen LogP contribution >= 0.6 is 0 Å². The number of nitrogens with zero attached hydrogens (tertiary/aromatic N) is 3. The summed E-state index contributed by atoms with van der Waals surface area (Å²) in [6, 6.07) is 3.57. The minimum atomic E-state index is -3.59. The van der Waals surface area contributed by atoms with Crippen molar-refractivity contribution in [3.63, 3.8) is 0 Å². The van der Waals surface area contributed by atoms with E-state index in [9.17, 15) is 8.42 Å². The van der Waals surface area contributed by atoms with Crippen LogP contribution in [0.25, 0.3) is 11.0 Å². The van der Waals surface area contributed by atoms with Crippen molar-refractivity contribution in [2.45, 2.75) is 51.1 Å². The molecule has 2 bridgehead atoms. The van der Waals surface area contributed by atoms with Gasteiger partial charge in [0.25, 0.3) is 10.0 Å². The molecule has 0 spiro atoms. The maximum absolute atomic E-state index is 13.2. The quantitative estimate of drug-likeness (QED) is 0.915. The Labute approximate surface area is 136 Å². The molecule has 0 unspecified atom stereocenters. The molecule has 1 aliphatic carbocycles. The predicted molar refractivity (Wildman–Crippen MR) is 87.3 cm³/mol. The van der Waals surface area contributed by atoms with Gasteiger partial charge in [0.15, 0.2) is 10.7 Å². The summed E-state index contributed by atoms with van der Waals surface area (Å²) in [7, 11) is -3.59. The van der Waals surface area contributed by atoms with Crippen molar-refractivity contribution in [1.82, 2.24) is 19.5 Å². The van der Waals surface area contributed by atoms with Crippen molar-refractivity contribution in [1.29, 1.82) is 0 Å². The van der Waals surface area contributed by atoms with E-state index in [2.05, 4.69) is 36.0 Å². The highest BCUT2D eigenvalue weighted by molar-refractivity contribution is 7.89. The summed E-state index contributed by atoms with van der Waals surface area (Å²) < 4.78 is 28.2. The monoisotopic (exact) mass is 334 g/mol. The van der Waals surface area contributed by atoms with Crippen LogP contribution in [0.2, 0.25) is 0 Å². The summed E-state index contributed by atoms with van der Waals surface area (Å²) >= 11 is 0. The van der Waals surface area contributed by atoms with Crippen LogP contribution in [0.3, 0.4) is 0 Å². The Morgan fingerprint density at radius 3 is 2.87 bits per heavy atom. The van der Waals surface area contributed by atoms with Crippen molar-refractivity contribution >= 4 is 21.1 Å². The Bertz CT molecular complexity index is 873. The zero-order valence-corrected chi connectivity index (χ0v) is 14.5. The Kier molecular flexibility index (Phi) is 2.98. The summed E-state index contributed by atoms with van der Waals surface area (Å²) in [4.78, 5) is 4.12. The highest BCUT2D eigenvalue weighted by Gasteiger charge is 2.53. The molecule has 2 aromatic rings. The largest absolute Gasteiger partial charge is 0.263 e. The van der Waals surface area contributed by atoms with Gasteiger partial charge in [-0.25, -0.2) is 13.4 Å². The molecule has 2 atom stereocenters. The van der Waals surface area contributed by atoms with Crippen LogP contribution in [0, 0.1) is 10.8 Å². The highest BCUT2D eigenvalue weighted by Crippen LogP contribution is 2.53. The molecule has 0 radical (unpaired) electrons. The number of rotatable bonds is 2. The van der Waals surface area contributed by atoms with Crippen LogP contribution in [0.1, 0.15) is 40.0 Å². The Hall–Kier alpha value is -1.47. The van der Waals surface area contributed by atoms with Gasteiger partial charge in [-0.05, 0) is 42.2 Å². The fourth-order valence-electron chi connectivity index (χ4n) is 4.83. The van der Waals surface area contributed by atoms with E-state index >= 15 is 0 Å². The van der Waals surface area contributed by atoms with Crippen LogP contribution in [-0.2, 0) is 10.0 Å². The van der Waals surface area contributed by atoms with Gasteiger partial charge in [0.05, 0.1) is 5.39 Å². The fraction of sp³-hybridized carbons (Fsp3) is 0.625. The first kappa shape index (κ1) is 15.1. The van der Waals surface area contributed by atoms with E-state index in [1.54, 1.807) is 22.6 Å². The molecule has 0 aromatic carbocycles. The van der Waals surface area contributed by atoms with Crippen molar-refractivity contribution in [3.05, 3.63) is 18.3 Å². The number of aromatic nitrogens is 3. The lowest BCUT2D eigenvalue weighted by atomic mass is 9.65. The zero-order valence-electron chi connectivity index (χ0n) is 13.7. The van der Waals surface area contributed by atoms with E-state index in [0.717, 1.165) is 19.3 Å². The maximum Gasteiger partial charge on any atom is 0.260 e. The molecule has 2 aromatic heterocycles. The van der Waals surface area contributed by atoms with E-state index < -0.39 is 10.0 Å². The predicted octanol–water partition coefficient (Wildman–Crippen LogP) is 2.55. The number of H-pyrrole nitrogens is 1. The second-order valence-corrected chi connectivity index (χ2v) is 10.0. The molecule has 0 amide bonds. The van der Waals surface area contributed by atoms with Gasteiger partial charge in [-0.3, -0.25) is 5.10 Å². The zero-order chi connectivity index (χ0) is 16.5. The second-order valence-electron chi connectivity index (χ2n) is 8.19. The van der Waals surface area contributed by atoms with Crippen LogP contribution < -0.4 is 0 Å². The Morgan fingerprint density at radius 2 is 2.09 bits per heavy atom. The van der Waals surface area contributed by atoms with Gasteiger partial charge in [-0.1, -0.05) is 20.8 Å². The minimum Gasteiger partial charge on any atom is -0.263 e. The van der Waals surface area contributed by atoms with Crippen molar-refractivity contribution < 1.29 is 8.42 Å². The lowest BCUT2D eigenvalue weighted by molar-refractivity contribution is 0.133. The third kappa shape index (κ3) is 2.29. The first-order chi connectivity index (χ1) is 10.7. The van der Waals surface area contributed by atoms with Gasteiger partial charge in [-0.2, -0.15) is 9.40 Å². The van der Waals surface area contributed by atoms with Gasteiger partial charge in [0.2, 0.25) is 0 Å². The van der Waals surface area contributed by atoms with Gasteiger partial charge in [0.1, 0.15) is 0 Å². The summed E-state index contributed by atoms with van der Waals surface area (Å²) in [6.45, 7) is 7.28. The smallest absolute Gasteiger partial charge is 0.260 e. The molecule has 7 heteroatoms. The highest BCUT2D eigenvalue weighted by atomic mass is 32.2. The van der Waals surface area contributed by atoms with E-state index in [1.165, 1.54) is 0 Å². The molecular formula is C16H22N4O2S. The van der Waals surface area contributed by atoms with E-state index in [4.69, 9.17) is 0 Å². The average molecular weight is 334 g/mol. The van der Waals surface area contributed by atoms with E-state index in [1.807, 2.05) is 0 Å². The summed E-state index contributed by atoms with van der Waals surface area (Å²) in [5, 5.41) is 7.49. The van der Waals surface area contributed by atoms with Crippen LogP contribution in [0.5, 0.6) is 0 Å². The first-order valence-electron chi connectivity index (χ1n) is 8.01.